The van der Waals surface area contributed by atoms with Crippen molar-refractivity contribution in [3.8, 4) is 0 Å². The molecule has 6 heteroatoms. The number of hydrogen-bond acceptors (Lipinski definition) is 3. The van der Waals surface area contributed by atoms with E-state index in [9.17, 15) is 14.4 Å². The minimum Gasteiger partial charge on any atom is -0.480 e. The highest BCUT2D eigenvalue weighted by Gasteiger charge is 2.28. The van der Waals surface area contributed by atoms with Gasteiger partial charge in [0.05, 0.1) is 0 Å². The van der Waals surface area contributed by atoms with Gasteiger partial charge >= 0.3 is 5.97 Å². The summed E-state index contributed by atoms with van der Waals surface area (Å²) in [5.74, 6) is -1.52. The van der Waals surface area contributed by atoms with Crippen LogP contribution >= 0.6 is 0 Å². The van der Waals surface area contributed by atoms with Crippen molar-refractivity contribution in [3.63, 3.8) is 0 Å². The van der Waals surface area contributed by atoms with Crippen molar-refractivity contribution in [1.29, 1.82) is 0 Å². The molecule has 2 amide bonds. The van der Waals surface area contributed by atoms with Crippen LogP contribution in [0.15, 0.2) is 0 Å². The number of hydrogen-bond donors (Lipinski definition) is 3. The lowest BCUT2D eigenvalue weighted by molar-refractivity contribution is -0.146. The molecule has 18 heavy (non-hydrogen) atoms. The molecule has 0 aliphatic heterocycles. The van der Waals surface area contributed by atoms with E-state index >= 15 is 0 Å². The maximum absolute atomic E-state index is 11.5. The van der Waals surface area contributed by atoms with Gasteiger partial charge in [-0.3, -0.25) is 9.59 Å². The van der Waals surface area contributed by atoms with E-state index in [-0.39, 0.29) is 24.7 Å². The lowest BCUT2D eigenvalue weighted by Gasteiger charge is -2.20. The second-order valence-corrected chi connectivity index (χ2v) is 4.68. The van der Waals surface area contributed by atoms with Gasteiger partial charge in [-0.05, 0) is 26.7 Å². The van der Waals surface area contributed by atoms with Crippen LogP contribution in [0.1, 0.15) is 46.5 Å². The van der Waals surface area contributed by atoms with E-state index in [1.54, 1.807) is 0 Å². The predicted octanol–water partition coefficient (Wildman–Crippen LogP) is 0.662. The van der Waals surface area contributed by atoms with Gasteiger partial charge < -0.3 is 15.7 Å². The number of nitrogens with one attached hydrogen (secondary N) is 2. The van der Waals surface area contributed by atoms with Gasteiger partial charge in [0.15, 0.2) is 0 Å². The van der Waals surface area contributed by atoms with Gasteiger partial charge in [0.1, 0.15) is 5.54 Å². The second kappa shape index (κ2) is 7.68. The number of carbonyl (C=O) groups excluding carboxylic acids is 2. The summed E-state index contributed by atoms with van der Waals surface area (Å²) in [6, 6.07) is 0. The van der Waals surface area contributed by atoms with E-state index < -0.39 is 11.5 Å². The highest BCUT2D eigenvalue weighted by atomic mass is 16.4. The van der Waals surface area contributed by atoms with E-state index in [4.69, 9.17) is 5.11 Å². The molecule has 0 radical (unpaired) electrons. The third kappa shape index (κ3) is 6.88. The molecule has 0 aliphatic carbocycles. The molecule has 3 N–H and O–H groups in total. The number of aliphatic carboxylic acids is 1. The van der Waals surface area contributed by atoms with Gasteiger partial charge in [-0.2, -0.15) is 0 Å². The van der Waals surface area contributed by atoms with Gasteiger partial charge in [0, 0.05) is 19.4 Å². The summed E-state index contributed by atoms with van der Waals surface area (Å²) < 4.78 is 0. The number of carboxylic acids is 1. The number of carbonyl (C=O) groups is 3. The van der Waals surface area contributed by atoms with Gasteiger partial charge in [-0.25, -0.2) is 4.79 Å². The normalized spacial score (nSPS) is 10.8. The molecule has 0 fully saturated rings. The number of amides is 2. The minimum atomic E-state index is -1.28. The van der Waals surface area contributed by atoms with E-state index in [1.807, 2.05) is 6.92 Å². The summed E-state index contributed by atoms with van der Waals surface area (Å²) in [7, 11) is 0. The van der Waals surface area contributed by atoms with Crippen LogP contribution < -0.4 is 10.6 Å². The molecular formula is C12H22N2O4. The third-order valence-electron chi connectivity index (χ3n) is 2.37. The quantitative estimate of drug-likeness (QED) is 0.596. The maximum Gasteiger partial charge on any atom is 0.328 e. The zero-order chi connectivity index (χ0) is 14.2. The Bertz CT molecular complexity index is 313. The Balaban J connectivity index is 3.85. The molecule has 0 aromatic carbocycles. The van der Waals surface area contributed by atoms with Gasteiger partial charge in [0.2, 0.25) is 11.8 Å². The molecule has 0 unspecified atom stereocenters. The Morgan fingerprint density at radius 1 is 1.11 bits per heavy atom. The average molecular weight is 258 g/mol. The second-order valence-electron chi connectivity index (χ2n) is 4.68. The molecule has 6 nitrogen and oxygen atoms in total. The van der Waals surface area contributed by atoms with Crippen LogP contribution in [0, 0.1) is 0 Å². The lowest BCUT2D eigenvalue weighted by atomic mass is 10.1. The summed E-state index contributed by atoms with van der Waals surface area (Å²) in [5, 5.41) is 13.9. The minimum absolute atomic E-state index is 0.0813. The fourth-order valence-electron chi connectivity index (χ4n) is 1.23. The Labute approximate surface area is 107 Å². The molecule has 0 aliphatic rings. The first-order valence-electron chi connectivity index (χ1n) is 6.10. The van der Waals surface area contributed by atoms with Crippen LogP contribution in [0.3, 0.4) is 0 Å². The highest BCUT2D eigenvalue weighted by Crippen LogP contribution is 2.04. The zero-order valence-electron chi connectivity index (χ0n) is 11.2. The predicted molar refractivity (Wildman–Crippen MR) is 67.0 cm³/mol. The van der Waals surface area contributed by atoms with Crippen molar-refractivity contribution in [2.24, 2.45) is 0 Å². The smallest absolute Gasteiger partial charge is 0.328 e. The van der Waals surface area contributed by atoms with E-state index in [0.29, 0.717) is 13.0 Å². The van der Waals surface area contributed by atoms with Crippen molar-refractivity contribution in [3.05, 3.63) is 0 Å². The third-order valence-corrected chi connectivity index (χ3v) is 2.37. The van der Waals surface area contributed by atoms with Gasteiger partial charge in [-0.1, -0.05) is 6.92 Å². The van der Waals surface area contributed by atoms with Crippen LogP contribution in [0.5, 0.6) is 0 Å². The molecule has 0 heterocycles. The van der Waals surface area contributed by atoms with Crippen molar-refractivity contribution >= 4 is 17.8 Å². The number of carboxylic acid groups (broad SMARTS) is 1. The highest BCUT2D eigenvalue weighted by molar-refractivity contribution is 5.86. The van der Waals surface area contributed by atoms with E-state index in [1.165, 1.54) is 13.8 Å². The molecule has 0 spiro atoms. The largest absolute Gasteiger partial charge is 0.480 e. The topological polar surface area (TPSA) is 95.5 Å². The first kappa shape index (κ1) is 16.4. The Morgan fingerprint density at radius 3 is 2.17 bits per heavy atom. The van der Waals surface area contributed by atoms with Crippen LogP contribution in [-0.2, 0) is 14.4 Å². The lowest BCUT2D eigenvalue weighted by Crippen LogP contribution is -2.49. The summed E-state index contributed by atoms with van der Waals surface area (Å²) >= 11 is 0. The molecule has 0 aromatic rings. The van der Waals surface area contributed by atoms with Crippen LogP contribution in [0.2, 0.25) is 0 Å². The standard InChI is InChI=1S/C12H22N2O4/c1-4-8-13-9(15)6-5-7-10(16)14-12(2,3)11(17)18/h4-8H2,1-3H3,(H,13,15)(H,14,16)(H,17,18). The van der Waals surface area contributed by atoms with E-state index in [2.05, 4.69) is 10.6 Å². The van der Waals surface area contributed by atoms with Crippen molar-refractivity contribution in [1.82, 2.24) is 10.6 Å². The van der Waals surface area contributed by atoms with Crippen molar-refractivity contribution in [2.75, 3.05) is 6.54 Å². The summed E-state index contributed by atoms with van der Waals surface area (Å²) in [6.07, 6.45) is 1.72. The monoisotopic (exact) mass is 258 g/mol. The fraction of sp³-hybridized carbons (Fsp3) is 0.750. The Morgan fingerprint density at radius 2 is 1.67 bits per heavy atom. The van der Waals surface area contributed by atoms with Crippen LogP contribution in [0.4, 0.5) is 0 Å². The van der Waals surface area contributed by atoms with Crippen molar-refractivity contribution in [2.45, 2.75) is 52.0 Å². The Kier molecular flexibility index (Phi) is 7.00. The molecule has 0 rings (SSSR count). The SMILES string of the molecule is CCCNC(=O)CCCC(=O)NC(C)(C)C(=O)O. The first-order chi connectivity index (χ1) is 8.29. The molecule has 104 valence electrons. The zero-order valence-corrected chi connectivity index (χ0v) is 11.2. The summed E-state index contributed by atoms with van der Waals surface area (Å²) in [4.78, 5) is 33.5. The number of rotatable bonds is 8. The first-order valence-corrected chi connectivity index (χ1v) is 6.10. The molecule has 0 bridgehead atoms. The maximum atomic E-state index is 11.5. The summed E-state index contributed by atoms with van der Waals surface area (Å²) in [5.41, 5.74) is -1.28. The molecule has 0 saturated heterocycles. The Hall–Kier alpha value is -1.59. The average Bonchev–Trinajstić information content (AvgIpc) is 2.25. The van der Waals surface area contributed by atoms with E-state index in [0.717, 1.165) is 6.42 Å². The van der Waals surface area contributed by atoms with Crippen LogP contribution in [0.25, 0.3) is 0 Å². The fourth-order valence-corrected chi connectivity index (χ4v) is 1.23. The molecule has 0 aromatic heterocycles. The summed E-state index contributed by atoms with van der Waals surface area (Å²) in [6.45, 7) is 5.43. The van der Waals surface area contributed by atoms with Gasteiger partial charge in [-0.15, -0.1) is 0 Å². The molecular weight excluding hydrogens is 236 g/mol. The molecule has 0 atom stereocenters. The van der Waals surface area contributed by atoms with Gasteiger partial charge in [0.25, 0.3) is 0 Å². The van der Waals surface area contributed by atoms with Crippen LogP contribution in [-0.4, -0.2) is 35.0 Å². The van der Waals surface area contributed by atoms with Crippen molar-refractivity contribution < 1.29 is 19.5 Å². The molecule has 0 saturated carbocycles.